The summed E-state index contributed by atoms with van der Waals surface area (Å²) < 4.78 is 11.6. The highest BCUT2D eigenvalue weighted by Crippen LogP contribution is 2.61. The van der Waals surface area contributed by atoms with Crippen LogP contribution in [0.1, 0.15) is 43.7 Å². The van der Waals surface area contributed by atoms with Gasteiger partial charge in [0, 0.05) is 17.0 Å². The Hall–Kier alpha value is -1.30. The van der Waals surface area contributed by atoms with Crippen LogP contribution in [0, 0.1) is 0 Å². The molecule has 5 nitrogen and oxygen atoms in total. The van der Waals surface area contributed by atoms with Crippen molar-refractivity contribution in [3.05, 3.63) is 23.3 Å². The molecular formula is C20H29NO4. The van der Waals surface area contributed by atoms with E-state index in [0.717, 1.165) is 36.4 Å². The first kappa shape index (κ1) is 17.1. The van der Waals surface area contributed by atoms with Gasteiger partial charge in [0.1, 0.15) is 0 Å². The summed E-state index contributed by atoms with van der Waals surface area (Å²) in [5.74, 6) is 1.48. The lowest BCUT2D eigenvalue weighted by Crippen LogP contribution is -2.73. The molecule has 2 bridgehead atoms. The van der Waals surface area contributed by atoms with Crippen molar-refractivity contribution in [2.45, 2.75) is 62.2 Å². The van der Waals surface area contributed by atoms with E-state index in [1.807, 2.05) is 13.0 Å². The van der Waals surface area contributed by atoms with Crippen molar-refractivity contribution in [3.63, 3.8) is 0 Å². The average Bonchev–Trinajstić information content (AvgIpc) is 2.59. The van der Waals surface area contributed by atoms with Crippen LogP contribution < -0.4 is 9.47 Å². The molecule has 3 aliphatic rings. The molecule has 1 saturated heterocycles. The number of fused-ring (bicyclic) bond motifs is 1. The summed E-state index contributed by atoms with van der Waals surface area (Å²) in [6.07, 6.45) is 3.14. The number of likely N-dealkylation sites (tertiary alicyclic amines) is 1. The van der Waals surface area contributed by atoms with E-state index in [4.69, 9.17) is 9.47 Å². The third-order valence-electron chi connectivity index (χ3n) is 6.85. The highest BCUT2D eigenvalue weighted by molar-refractivity contribution is 5.59. The van der Waals surface area contributed by atoms with Gasteiger partial charge in [0.2, 0.25) is 0 Å². The van der Waals surface area contributed by atoms with Gasteiger partial charge in [0.25, 0.3) is 0 Å². The molecule has 0 radical (unpaired) electrons. The van der Waals surface area contributed by atoms with Crippen LogP contribution in [0.25, 0.3) is 0 Å². The molecule has 0 amide bonds. The molecule has 1 aromatic rings. The molecule has 2 N–H and O–H groups in total. The van der Waals surface area contributed by atoms with Gasteiger partial charge in [-0.25, -0.2) is 0 Å². The number of ether oxygens (including phenoxy) is 2. The number of benzene rings is 1. The lowest BCUT2D eigenvalue weighted by atomic mass is 9.49. The molecule has 5 heteroatoms. The first-order valence-electron chi connectivity index (χ1n) is 9.40. The standard InChI is InChI=1S/C20H29NO4/c1-4-25-18-15(24-3)6-5-13-11-16-20(23)8-7-14(22)12-19(20,17(13)18)9-10-21(16)2/h5-6,14,16,22-23H,4,7-12H2,1-3H3/t14-,16-,19-,20-/m1/s1. The second kappa shape index (κ2) is 5.86. The summed E-state index contributed by atoms with van der Waals surface area (Å²) in [7, 11) is 3.76. The van der Waals surface area contributed by atoms with E-state index >= 15 is 0 Å². The Morgan fingerprint density at radius 1 is 1.32 bits per heavy atom. The first-order chi connectivity index (χ1) is 12.0. The highest BCUT2D eigenvalue weighted by atomic mass is 16.5. The SMILES string of the molecule is CCOc1c(OC)ccc2c1[C@]13CCN(C)[C@H](C2)[C@]1(O)CC[C@@H](O)C3. The van der Waals surface area contributed by atoms with E-state index in [2.05, 4.69) is 18.0 Å². The Morgan fingerprint density at radius 3 is 2.84 bits per heavy atom. The minimum atomic E-state index is -0.829. The zero-order valence-electron chi connectivity index (χ0n) is 15.4. The molecule has 2 fully saturated rings. The van der Waals surface area contributed by atoms with Crippen molar-refractivity contribution in [2.24, 2.45) is 0 Å². The third-order valence-corrected chi connectivity index (χ3v) is 6.85. The number of aliphatic hydroxyl groups excluding tert-OH is 1. The summed E-state index contributed by atoms with van der Waals surface area (Å²) in [4.78, 5) is 2.30. The molecule has 0 spiro atoms. The van der Waals surface area contributed by atoms with Gasteiger partial charge in [-0.2, -0.15) is 0 Å². The van der Waals surface area contributed by atoms with Crippen LogP contribution >= 0.6 is 0 Å². The molecule has 0 unspecified atom stereocenters. The zero-order valence-corrected chi connectivity index (χ0v) is 15.4. The maximum atomic E-state index is 11.9. The first-order valence-corrected chi connectivity index (χ1v) is 9.40. The predicted octanol–water partition coefficient (Wildman–Crippen LogP) is 1.87. The monoisotopic (exact) mass is 347 g/mol. The van der Waals surface area contributed by atoms with Gasteiger partial charge < -0.3 is 24.6 Å². The van der Waals surface area contributed by atoms with E-state index in [0.29, 0.717) is 25.9 Å². The van der Waals surface area contributed by atoms with Crippen LogP contribution in [-0.4, -0.2) is 60.2 Å². The van der Waals surface area contributed by atoms with E-state index in [1.165, 1.54) is 5.56 Å². The molecule has 1 heterocycles. The summed E-state index contributed by atoms with van der Waals surface area (Å²) in [6, 6.07) is 4.18. The molecule has 138 valence electrons. The minimum absolute atomic E-state index is 0.0871. The fourth-order valence-electron chi connectivity index (χ4n) is 5.72. The van der Waals surface area contributed by atoms with Gasteiger partial charge in [-0.15, -0.1) is 0 Å². The van der Waals surface area contributed by atoms with Crippen LogP contribution in [0.2, 0.25) is 0 Å². The summed E-state index contributed by atoms with van der Waals surface area (Å²) in [6.45, 7) is 3.44. The Labute approximate surface area is 149 Å². The second-order valence-electron chi connectivity index (χ2n) is 7.92. The van der Waals surface area contributed by atoms with Crippen molar-refractivity contribution in [2.75, 3.05) is 27.3 Å². The largest absolute Gasteiger partial charge is 0.493 e. The Bertz CT molecular complexity index is 678. The smallest absolute Gasteiger partial charge is 0.165 e. The number of rotatable bonds is 3. The highest BCUT2D eigenvalue weighted by Gasteiger charge is 2.65. The number of methoxy groups -OCH3 is 1. The van der Waals surface area contributed by atoms with E-state index in [1.54, 1.807) is 7.11 Å². The van der Waals surface area contributed by atoms with Crippen molar-refractivity contribution >= 4 is 0 Å². The van der Waals surface area contributed by atoms with Gasteiger partial charge >= 0.3 is 0 Å². The quantitative estimate of drug-likeness (QED) is 0.874. The van der Waals surface area contributed by atoms with Gasteiger partial charge in [-0.3, -0.25) is 0 Å². The lowest BCUT2D eigenvalue weighted by molar-refractivity contribution is -0.177. The predicted molar refractivity (Wildman–Crippen MR) is 95.4 cm³/mol. The van der Waals surface area contributed by atoms with E-state index in [9.17, 15) is 10.2 Å². The Kier molecular flexibility index (Phi) is 4.02. The molecule has 1 aromatic carbocycles. The number of hydrogen-bond donors (Lipinski definition) is 2. The lowest BCUT2D eigenvalue weighted by Gasteiger charge is -2.64. The van der Waals surface area contributed by atoms with Crippen LogP contribution in [0.3, 0.4) is 0 Å². The number of piperidine rings is 1. The van der Waals surface area contributed by atoms with Crippen LogP contribution in [0.4, 0.5) is 0 Å². The molecule has 25 heavy (non-hydrogen) atoms. The maximum Gasteiger partial charge on any atom is 0.165 e. The van der Waals surface area contributed by atoms with Crippen LogP contribution in [0.15, 0.2) is 12.1 Å². The maximum absolute atomic E-state index is 11.9. The van der Waals surface area contributed by atoms with Gasteiger partial charge in [-0.05, 0) is 64.3 Å². The average molecular weight is 347 g/mol. The van der Waals surface area contributed by atoms with Crippen molar-refractivity contribution in [1.29, 1.82) is 0 Å². The fraction of sp³-hybridized carbons (Fsp3) is 0.700. The van der Waals surface area contributed by atoms with Crippen molar-refractivity contribution in [3.8, 4) is 11.5 Å². The normalized spacial score (nSPS) is 37.2. The summed E-state index contributed by atoms with van der Waals surface area (Å²) in [5.41, 5.74) is 1.01. The fourth-order valence-corrected chi connectivity index (χ4v) is 5.72. The molecule has 0 aromatic heterocycles. The molecular weight excluding hydrogens is 318 g/mol. The number of hydrogen-bond acceptors (Lipinski definition) is 5. The molecule has 4 rings (SSSR count). The molecule has 4 atom stereocenters. The summed E-state index contributed by atoms with van der Waals surface area (Å²) >= 11 is 0. The Morgan fingerprint density at radius 2 is 2.12 bits per heavy atom. The minimum Gasteiger partial charge on any atom is -0.493 e. The van der Waals surface area contributed by atoms with Crippen molar-refractivity contribution in [1.82, 2.24) is 4.90 Å². The second-order valence-corrected chi connectivity index (χ2v) is 7.92. The molecule has 1 saturated carbocycles. The molecule has 1 aliphatic heterocycles. The number of likely N-dealkylation sites (N-methyl/N-ethyl adjacent to an activating group) is 1. The number of nitrogens with zero attached hydrogens (tertiary/aromatic N) is 1. The van der Waals surface area contributed by atoms with Crippen molar-refractivity contribution < 1.29 is 19.7 Å². The van der Waals surface area contributed by atoms with E-state index < -0.39 is 11.0 Å². The van der Waals surface area contributed by atoms with Gasteiger partial charge in [-0.1, -0.05) is 6.07 Å². The number of aliphatic hydroxyl groups is 2. The topological polar surface area (TPSA) is 62.2 Å². The van der Waals surface area contributed by atoms with Gasteiger partial charge in [0.05, 0.1) is 25.4 Å². The van der Waals surface area contributed by atoms with E-state index in [-0.39, 0.29) is 12.1 Å². The Balaban J connectivity index is 1.99. The van der Waals surface area contributed by atoms with Crippen LogP contribution in [0.5, 0.6) is 11.5 Å². The summed E-state index contributed by atoms with van der Waals surface area (Å²) in [5, 5.41) is 22.4. The van der Waals surface area contributed by atoms with Gasteiger partial charge in [0.15, 0.2) is 11.5 Å². The van der Waals surface area contributed by atoms with Crippen LogP contribution in [-0.2, 0) is 11.8 Å². The zero-order chi connectivity index (χ0) is 17.8. The molecule has 2 aliphatic carbocycles. The third kappa shape index (κ3) is 2.19.